The summed E-state index contributed by atoms with van der Waals surface area (Å²) in [6, 6.07) is 8.80. The fraction of sp³-hybridized carbons (Fsp3) is 0.438. The first-order valence-electron chi connectivity index (χ1n) is 6.94. The van der Waals surface area contributed by atoms with Gasteiger partial charge in [-0.05, 0) is 53.6 Å². The smallest absolute Gasteiger partial charge is 0.330 e. The summed E-state index contributed by atoms with van der Waals surface area (Å²) in [5.41, 5.74) is 1.35. The van der Waals surface area contributed by atoms with Crippen LogP contribution in [0, 0.1) is 3.57 Å². The number of esters is 1. The van der Waals surface area contributed by atoms with E-state index in [4.69, 9.17) is 0 Å². The molecule has 0 aromatic heterocycles. The summed E-state index contributed by atoms with van der Waals surface area (Å²) >= 11 is 2.38. The van der Waals surface area contributed by atoms with Crippen LogP contribution in [0.1, 0.15) is 24.8 Å². The van der Waals surface area contributed by atoms with Crippen LogP contribution in [0.25, 0.3) is 0 Å². The van der Waals surface area contributed by atoms with E-state index in [1.807, 2.05) is 6.08 Å². The maximum Gasteiger partial charge on any atom is 0.330 e. The third-order valence-electron chi connectivity index (χ3n) is 3.65. The molecule has 1 atom stereocenters. The van der Waals surface area contributed by atoms with Crippen molar-refractivity contribution in [3.8, 4) is 0 Å². The van der Waals surface area contributed by atoms with Gasteiger partial charge < -0.3 is 4.74 Å². The fourth-order valence-corrected chi connectivity index (χ4v) is 3.09. The van der Waals surface area contributed by atoms with Crippen LogP contribution in [-0.4, -0.2) is 30.6 Å². The Hall–Kier alpha value is -0.880. The molecule has 0 saturated carbocycles. The van der Waals surface area contributed by atoms with Crippen LogP contribution in [0.5, 0.6) is 0 Å². The normalized spacial score (nSPS) is 20.2. The van der Waals surface area contributed by atoms with E-state index in [-0.39, 0.29) is 5.97 Å². The molecule has 1 fully saturated rings. The average Bonchev–Trinajstić information content (AvgIpc) is 2.48. The second kappa shape index (κ2) is 7.78. The molecule has 1 heterocycles. The molecular weight excluding hydrogens is 365 g/mol. The number of likely N-dealkylation sites (tertiary alicyclic amines) is 1. The molecule has 0 bridgehead atoms. The molecule has 0 spiro atoms. The van der Waals surface area contributed by atoms with Gasteiger partial charge in [-0.3, -0.25) is 4.90 Å². The molecule has 1 aromatic carbocycles. The number of carbonyl (C=O) groups is 1. The highest BCUT2D eigenvalue weighted by molar-refractivity contribution is 14.1. The summed E-state index contributed by atoms with van der Waals surface area (Å²) in [7, 11) is 1.41. The van der Waals surface area contributed by atoms with Crippen molar-refractivity contribution in [3.05, 3.63) is 45.6 Å². The average molecular weight is 385 g/mol. The van der Waals surface area contributed by atoms with Crippen molar-refractivity contribution in [1.29, 1.82) is 0 Å². The van der Waals surface area contributed by atoms with Crippen molar-refractivity contribution in [1.82, 2.24) is 4.90 Å². The number of carbonyl (C=O) groups excluding carboxylic acids is 1. The van der Waals surface area contributed by atoms with Crippen LogP contribution < -0.4 is 0 Å². The van der Waals surface area contributed by atoms with Gasteiger partial charge in [0.15, 0.2) is 0 Å². The summed E-state index contributed by atoms with van der Waals surface area (Å²) in [5.74, 6) is -0.273. The second-order valence-corrected chi connectivity index (χ2v) is 6.17. The topological polar surface area (TPSA) is 29.5 Å². The van der Waals surface area contributed by atoms with Crippen LogP contribution in [0.3, 0.4) is 0 Å². The first kappa shape index (κ1) is 15.5. The predicted octanol–water partition coefficient (Wildman–Crippen LogP) is 3.37. The molecule has 4 heteroatoms. The third-order valence-corrected chi connectivity index (χ3v) is 4.70. The van der Waals surface area contributed by atoms with Crippen molar-refractivity contribution >= 4 is 28.6 Å². The van der Waals surface area contributed by atoms with Crippen LogP contribution in [-0.2, 0) is 16.1 Å². The molecule has 1 aliphatic heterocycles. The number of nitrogens with zero attached hydrogens (tertiary/aromatic N) is 1. The lowest BCUT2D eigenvalue weighted by molar-refractivity contribution is -0.134. The first-order chi connectivity index (χ1) is 9.70. The van der Waals surface area contributed by atoms with E-state index in [0.717, 1.165) is 19.5 Å². The van der Waals surface area contributed by atoms with Crippen molar-refractivity contribution in [3.63, 3.8) is 0 Å². The quantitative estimate of drug-likeness (QED) is 0.452. The van der Waals surface area contributed by atoms with Crippen molar-refractivity contribution in [2.75, 3.05) is 13.7 Å². The van der Waals surface area contributed by atoms with Crippen LogP contribution >= 0.6 is 22.6 Å². The van der Waals surface area contributed by atoms with Crippen molar-refractivity contribution in [2.45, 2.75) is 31.8 Å². The fourth-order valence-electron chi connectivity index (χ4n) is 2.53. The Bertz CT molecular complexity index is 487. The zero-order chi connectivity index (χ0) is 14.4. The van der Waals surface area contributed by atoms with Crippen LogP contribution in [0.15, 0.2) is 36.4 Å². The van der Waals surface area contributed by atoms with Crippen LogP contribution in [0.4, 0.5) is 0 Å². The van der Waals surface area contributed by atoms with Gasteiger partial charge in [-0.2, -0.15) is 0 Å². The van der Waals surface area contributed by atoms with E-state index in [1.165, 1.54) is 29.1 Å². The maximum absolute atomic E-state index is 11.2. The summed E-state index contributed by atoms with van der Waals surface area (Å²) in [6.07, 6.45) is 7.10. The SMILES string of the molecule is COC(=O)/C=C/C1CCCCN1Cc1ccccc1I. The molecule has 0 amide bonds. The number of piperidine rings is 1. The predicted molar refractivity (Wildman–Crippen MR) is 88.4 cm³/mol. The Morgan fingerprint density at radius 2 is 2.25 bits per heavy atom. The molecule has 20 heavy (non-hydrogen) atoms. The van der Waals surface area contributed by atoms with Gasteiger partial charge in [0.05, 0.1) is 7.11 Å². The summed E-state index contributed by atoms with van der Waals surface area (Å²) in [5, 5.41) is 0. The highest BCUT2D eigenvalue weighted by Gasteiger charge is 2.21. The van der Waals surface area contributed by atoms with Gasteiger partial charge in [0.2, 0.25) is 0 Å². The molecule has 2 rings (SSSR count). The lowest BCUT2D eigenvalue weighted by atomic mass is 10.0. The Balaban J connectivity index is 2.05. The molecule has 0 aliphatic carbocycles. The van der Waals surface area contributed by atoms with Gasteiger partial charge in [0.1, 0.15) is 0 Å². The standard InChI is InChI=1S/C16H20INO2/c1-20-16(19)10-9-14-7-4-5-11-18(14)12-13-6-2-3-8-15(13)17/h2-3,6,8-10,14H,4-5,7,11-12H2,1H3/b10-9+. The Kier molecular flexibility index (Phi) is 6.04. The Morgan fingerprint density at radius 3 is 3.00 bits per heavy atom. The number of hydrogen-bond donors (Lipinski definition) is 0. The van der Waals surface area contributed by atoms with Gasteiger partial charge in [0.25, 0.3) is 0 Å². The van der Waals surface area contributed by atoms with E-state index >= 15 is 0 Å². The van der Waals surface area contributed by atoms with E-state index in [0.29, 0.717) is 6.04 Å². The number of methoxy groups -OCH3 is 1. The van der Waals surface area contributed by atoms with Crippen LogP contribution in [0.2, 0.25) is 0 Å². The minimum Gasteiger partial charge on any atom is -0.466 e. The molecule has 0 radical (unpaired) electrons. The number of benzene rings is 1. The third kappa shape index (κ3) is 4.31. The highest BCUT2D eigenvalue weighted by Crippen LogP contribution is 2.22. The molecule has 1 saturated heterocycles. The highest BCUT2D eigenvalue weighted by atomic mass is 127. The number of hydrogen-bond acceptors (Lipinski definition) is 3. The maximum atomic E-state index is 11.2. The van der Waals surface area contributed by atoms with E-state index in [1.54, 1.807) is 6.08 Å². The minimum absolute atomic E-state index is 0.273. The minimum atomic E-state index is -0.273. The van der Waals surface area contributed by atoms with E-state index in [2.05, 4.69) is 56.5 Å². The summed E-state index contributed by atoms with van der Waals surface area (Å²) in [6.45, 7) is 2.02. The number of ether oxygens (including phenoxy) is 1. The number of halogens is 1. The monoisotopic (exact) mass is 385 g/mol. The van der Waals surface area contributed by atoms with E-state index < -0.39 is 0 Å². The lowest BCUT2D eigenvalue weighted by Crippen LogP contribution is -2.37. The molecule has 1 unspecified atom stereocenters. The zero-order valence-corrected chi connectivity index (χ0v) is 13.9. The molecular formula is C16H20INO2. The van der Waals surface area contributed by atoms with Crippen molar-refractivity contribution < 1.29 is 9.53 Å². The summed E-state index contributed by atoms with van der Waals surface area (Å²) < 4.78 is 5.97. The van der Waals surface area contributed by atoms with Gasteiger partial charge in [0, 0.05) is 22.2 Å². The lowest BCUT2D eigenvalue weighted by Gasteiger charge is -2.34. The van der Waals surface area contributed by atoms with Gasteiger partial charge in [-0.25, -0.2) is 4.79 Å². The summed E-state index contributed by atoms with van der Waals surface area (Å²) in [4.78, 5) is 13.7. The first-order valence-corrected chi connectivity index (χ1v) is 8.02. The van der Waals surface area contributed by atoms with Crippen molar-refractivity contribution in [2.24, 2.45) is 0 Å². The molecule has 108 valence electrons. The van der Waals surface area contributed by atoms with Gasteiger partial charge >= 0.3 is 5.97 Å². The Morgan fingerprint density at radius 1 is 1.45 bits per heavy atom. The van der Waals surface area contributed by atoms with E-state index in [9.17, 15) is 4.79 Å². The number of rotatable bonds is 4. The molecule has 3 nitrogen and oxygen atoms in total. The van der Waals surface area contributed by atoms with Gasteiger partial charge in [-0.1, -0.05) is 30.7 Å². The molecule has 0 N–H and O–H groups in total. The van der Waals surface area contributed by atoms with Gasteiger partial charge in [-0.15, -0.1) is 0 Å². The molecule has 1 aromatic rings. The Labute approximate surface area is 134 Å². The second-order valence-electron chi connectivity index (χ2n) is 5.01. The zero-order valence-electron chi connectivity index (χ0n) is 11.7. The largest absolute Gasteiger partial charge is 0.466 e. The molecule has 1 aliphatic rings.